The van der Waals surface area contributed by atoms with E-state index in [4.69, 9.17) is 9.47 Å². The SMILES string of the molecule is CCC(C(=O)c1ccc2c(c1)OCO2)N1CCCC1.Cl. The van der Waals surface area contributed by atoms with E-state index in [1.165, 1.54) is 12.8 Å². The Kier molecular flexibility index (Phi) is 4.89. The first kappa shape index (κ1) is 15.1. The van der Waals surface area contributed by atoms with E-state index >= 15 is 0 Å². The number of fused-ring (bicyclic) bond motifs is 1. The van der Waals surface area contributed by atoms with Crippen molar-refractivity contribution in [2.45, 2.75) is 32.2 Å². The predicted molar refractivity (Wildman–Crippen MR) is 79.0 cm³/mol. The van der Waals surface area contributed by atoms with Crippen LogP contribution in [0.5, 0.6) is 11.5 Å². The van der Waals surface area contributed by atoms with Crippen LogP contribution in [0.2, 0.25) is 0 Å². The van der Waals surface area contributed by atoms with Crippen molar-refractivity contribution in [2.24, 2.45) is 0 Å². The fourth-order valence-electron chi connectivity index (χ4n) is 2.90. The Hall–Kier alpha value is -1.26. The fraction of sp³-hybridized carbons (Fsp3) is 0.533. The van der Waals surface area contributed by atoms with E-state index in [9.17, 15) is 4.79 Å². The summed E-state index contributed by atoms with van der Waals surface area (Å²) in [7, 11) is 0. The van der Waals surface area contributed by atoms with E-state index < -0.39 is 0 Å². The van der Waals surface area contributed by atoms with Gasteiger partial charge in [-0.25, -0.2) is 0 Å². The Balaban J connectivity index is 0.00000147. The third kappa shape index (κ3) is 2.76. The molecule has 0 N–H and O–H groups in total. The van der Waals surface area contributed by atoms with Gasteiger partial charge in [0.15, 0.2) is 17.3 Å². The van der Waals surface area contributed by atoms with Crippen LogP contribution in [0.15, 0.2) is 18.2 Å². The van der Waals surface area contributed by atoms with Crippen LogP contribution in [0.1, 0.15) is 36.5 Å². The molecule has 3 rings (SSSR count). The van der Waals surface area contributed by atoms with Crippen LogP contribution in [0.25, 0.3) is 0 Å². The highest BCUT2D eigenvalue weighted by Gasteiger charge is 2.28. The molecular formula is C15H20ClNO3. The molecule has 0 aromatic heterocycles. The van der Waals surface area contributed by atoms with Crippen LogP contribution in [-0.4, -0.2) is 36.6 Å². The van der Waals surface area contributed by atoms with E-state index in [1.807, 2.05) is 18.2 Å². The number of likely N-dealkylation sites (tertiary alicyclic amines) is 1. The van der Waals surface area contributed by atoms with Crippen LogP contribution in [-0.2, 0) is 0 Å². The number of Topliss-reactive ketones (excluding diaryl/α,β-unsaturated/α-hetero) is 1. The van der Waals surface area contributed by atoms with Crippen molar-refractivity contribution < 1.29 is 14.3 Å². The number of hydrogen-bond acceptors (Lipinski definition) is 4. The van der Waals surface area contributed by atoms with Crippen molar-refractivity contribution in [3.05, 3.63) is 23.8 Å². The van der Waals surface area contributed by atoms with Gasteiger partial charge in [0.05, 0.1) is 6.04 Å². The summed E-state index contributed by atoms with van der Waals surface area (Å²) >= 11 is 0. The molecule has 1 fully saturated rings. The molecule has 1 atom stereocenters. The molecule has 5 heteroatoms. The largest absolute Gasteiger partial charge is 0.454 e. The zero-order valence-corrected chi connectivity index (χ0v) is 12.4. The summed E-state index contributed by atoms with van der Waals surface area (Å²) in [6.45, 7) is 4.40. The topological polar surface area (TPSA) is 38.8 Å². The van der Waals surface area contributed by atoms with E-state index in [2.05, 4.69) is 11.8 Å². The summed E-state index contributed by atoms with van der Waals surface area (Å²) in [6.07, 6.45) is 3.25. The summed E-state index contributed by atoms with van der Waals surface area (Å²) < 4.78 is 10.6. The molecule has 0 bridgehead atoms. The fourth-order valence-corrected chi connectivity index (χ4v) is 2.90. The van der Waals surface area contributed by atoms with E-state index in [0.29, 0.717) is 5.75 Å². The number of hydrogen-bond donors (Lipinski definition) is 0. The first-order chi connectivity index (χ1) is 9.29. The Morgan fingerprint density at radius 2 is 1.95 bits per heavy atom. The molecule has 110 valence electrons. The third-order valence-electron chi connectivity index (χ3n) is 3.93. The number of rotatable bonds is 4. The van der Waals surface area contributed by atoms with Crippen LogP contribution < -0.4 is 9.47 Å². The second-order valence-electron chi connectivity index (χ2n) is 5.10. The molecule has 1 saturated heterocycles. The second-order valence-corrected chi connectivity index (χ2v) is 5.10. The lowest BCUT2D eigenvalue weighted by Gasteiger charge is -2.25. The monoisotopic (exact) mass is 297 g/mol. The highest BCUT2D eigenvalue weighted by molar-refractivity contribution is 6.00. The molecule has 4 nitrogen and oxygen atoms in total. The van der Waals surface area contributed by atoms with Gasteiger partial charge in [0.1, 0.15) is 0 Å². The maximum atomic E-state index is 12.6. The molecule has 0 aliphatic carbocycles. The Bertz CT molecular complexity index is 486. The van der Waals surface area contributed by atoms with E-state index in [1.54, 1.807) is 0 Å². The average molecular weight is 298 g/mol. The third-order valence-corrected chi connectivity index (χ3v) is 3.93. The molecular weight excluding hydrogens is 278 g/mol. The van der Waals surface area contributed by atoms with Crippen molar-refractivity contribution in [1.29, 1.82) is 0 Å². The van der Waals surface area contributed by atoms with Gasteiger partial charge in [-0.3, -0.25) is 9.69 Å². The van der Waals surface area contributed by atoms with Gasteiger partial charge in [0.25, 0.3) is 0 Å². The number of benzene rings is 1. The number of ketones is 1. The Labute approximate surface area is 125 Å². The first-order valence-corrected chi connectivity index (χ1v) is 6.97. The molecule has 0 amide bonds. The summed E-state index contributed by atoms with van der Waals surface area (Å²) in [4.78, 5) is 14.9. The van der Waals surface area contributed by atoms with Gasteiger partial charge < -0.3 is 9.47 Å². The Morgan fingerprint density at radius 1 is 1.25 bits per heavy atom. The molecule has 0 saturated carbocycles. The zero-order chi connectivity index (χ0) is 13.2. The number of carbonyl (C=O) groups excluding carboxylic acids is 1. The van der Waals surface area contributed by atoms with Crippen LogP contribution in [0.3, 0.4) is 0 Å². The lowest BCUT2D eigenvalue weighted by molar-refractivity contribution is 0.0843. The van der Waals surface area contributed by atoms with Gasteiger partial charge in [-0.1, -0.05) is 6.92 Å². The molecule has 2 aliphatic rings. The van der Waals surface area contributed by atoms with Gasteiger partial charge in [-0.2, -0.15) is 0 Å². The molecule has 2 heterocycles. The molecule has 0 spiro atoms. The van der Waals surface area contributed by atoms with Crippen molar-refractivity contribution in [1.82, 2.24) is 4.90 Å². The number of nitrogens with zero attached hydrogens (tertiary/aromatic N) is 1. The van der Waals surface area contributed by atoms with Gasteiger partial charge in [-0.15, -0.1) is 12.4 Å². The van der Waals surface area contributed by atoms with Crippen LogP contribution in [0.4, 0.5) is 0 Å². The van der Waals surface area contributed by atoms with Crippen molar-refractivity contribution in [3.63, 3.8) is 0 Å². The summed E-state index contributed by atoms with van der Waals surface area (Å²) in [5.74, 6) is 1.61. The minimum Gasteiger partial charge on any atom is -0.454 e. The normalized spacial score (nSPS) is 18.6. The standard InChI is InChI=1S/C15H19NO3.ClH/c1-2-12(16-7-3-4-8-16)15(17)11-5-6-13-14(9-11)19-10-18-13;/h5-6,9,12H,2-4,7-8,10H2,1H3;1H. The van der Waals surface area contributed by atoms with Gasteiger partial charge in [0, 0.05) is 5.56 Å². The summed E-state index contributed by atoms with van der Waals surface area (Å²) in [5, 5.41) is 0. The van der Waals surface area contributed by atoms with E-state index in [-0.39, 0.29) is 31.0 Å². The Morgan fingerprint density at radius 3 is 2.65 bits per heavy atom. The highest BCUT2D eigenvalue weighted by Crippen LogP contribution is 2.33. The van der Waals surface area contributed by atoms with Crippen LogP contribution >= 0.6 is 12.4 Å². The lowest BCUT2D eigenvalue weighted by Crippen LogP contribution is -2.38. The minimum atomic E-state index is 0. The van der Waals surface area contributed by atoms with Gasteiger partial charge in [0.2, 0.25) is 6.79 Å². The van der Waals surface area contributed by atoms with Gasteiger partial charge in [-0.05, 0) is 50.6 Å². The molecule has 1 aromatic rings. The lowest BCUT2D eigenvalue weighted by atomic mass is 10.0. The molecule has 20 heavy (non-hydrogen) atoms. The van der Waals surface area contributed by atoms with Gasteiger partial charge >= 0.3 is 0 Å². The van der Waals surface area contributed by atoms with E-state index in [0.717, 1.165) is 30.8 Å². The maximum absolute atomic E-state index is 12.6. The summed E-state index contributed by atoms with van der Waals surface area (Å²) in [5.41, 5.74) is 0.725. The molecule has 0 radical (unpaired) electrons. The molecule has 1 unspecified atom stereocenters. The highest BCUT2D eigenvalue weighted by atomic mass is 35.5. The van der Waals surface area contributed by atoms with Crippen molar-refractivity contribution in [2.75, 3.05) is 19.9 Å². The van der Waals surface area contributed by atoms with Crippen molar-refractivity contribution in [3.8, 4) is 11.5 Å². The number of carbonyl (C=O) groups is 1. The maximum Gasteiger partial charge on any atom is 0.231 e. The second kappa shape index (κ2) is 6.46. The smallest absolute Gasteiger partial charge is 0.231 e. The molecule has 2 aliphatic heterocycles. The summed E-state index contributed by atoms with van der Waals surface area (Å²) in [6, 6.07) is 5.48. The average Bonchev–Trinajstić information content (AvgIpc) is 3.09. The van der Waals surface area contributed by atoms with Crippen molar-refractivity contribution >= 4 is 18.2 Å². The number of halogens is 1. The molecule has 1 aromatic carbocycles. The minimum absolute atomic E-state index is 0. The quantitative estimate of drug-likeness (QED) is 0.801. The zero-order valence-electron chi connectivity index (χ0n) is 11.6. The number of ether oxygens (including phenoxy) is 2. The predicted octanol–water partition coefficient (Wildman–Crippen LogP) is 2.89. The van der Waals surface area contributed by atoms with Crippen LogP contribution in [0, 0.1) is 0 Å². The first-order valence-electron chi connectivity index (χ1n) is 6.97.